The van der Waals surface area contributed by atoms with Gasteiger partial charge >= 0.3 is 0 Å². The molecule has 1 aromatic rings. The quantitative estimate of drug-likeness (QED) is 0.697. The van der Waals surface area contributed by atoms with E-state index in [1.54, 1.807) is 0 Å². The molecule has 0 saturated carbocycles. The van der Waals surface area contributed by atoms with Crippen molar-refractivity contribution in [2.24, 2.45) is 5.73 Å². The van der Waals surface area contributed by atoms with Gasteiger partial charge in [0.2, 0.25) is 0 Å². The van der Waals surface area contributed by atoms with Gasteiger partial charge in [-0.25, -0.2) is 0 Å². The van der Waals surface area contributed by atoms with Crippen LogP contribution in [0, 0.1) is 0 Å². The molecule has 13 heavy (non-hydrogen) atoms. The first-order valence-electron chi connectivity index (χ1n) is 4.77. The summed E-state index contributed by atoms with van der Waals surface area (Å²) in [6.07, 6.45) is 1.15. The van der Waals surface area contributed by atoms with Gasteiger partial charge in [-0.15, -0.1) is 0 Å². The summed E-state index contributed by atoms with van der Waals surface area (Å²) < 4.78 is 0. The third-order valence-electron chi connectivity index (χ3n) is 2.57. The van der Waals surface area contributed by atoms with Crippen molar-refractivity contribution >= 4 is 5.69 Å². The predicted octanol–water partition coefficient (Wildman–Crippen LogP) is 2.24. The minimum atomic E-state index is 0.524. The predicted molar refractivity (Wildman–Crippen MR) is 57.5 cm³/mol. The van der Waals surface area contributed by atoms with Crippen molar-refractivity contribution in [1.29, 1.82) is 0 Å². The summed E-state index contributed by atoms with van der Waals surface area (Å²) in [5, 5.41) is 0. The van der Waals surface area contributed by atoms with Gasteiger partial charge < -0.3 is 11.5 Å². The Morgan fingerprint density at radius 1 is 1.38 bits per heavy atom. The lowest BCUT2D eigenvalue weighted by Crippen LogP contribution is -2.03. The fraction of sp³-hybridized carbons (Fsp3) is 0.455. The number of nitrogen functional groups attached to an aromatic ring is 1. The molecule has 0 heterocycles. The average Bonchev–Trinajstić information content (AvgIpc) is 2.17. The van der Waals surface area contributed by atoms with Gasteiger partial charge in [0.15, 0.2) is 0 Å². The zero-order valence-corrected chi connectivity index (χ0v) is 8.38. The van der Waals surface area contributed by atoms with Crippen LogP contribution in [0.2, 0.25) is 0 Å². The maximum absolute atomic E-state index is 5.76. The van der Waals surface area contributed by atoms with Crippen molar-refractivity contribution in [3.8, 4) is 0 Å². The number of hydrogen-bond acceptors (Lipinski definition) is 2. The Kier molecular flexibility index (Phi) is 3.32. The fourth-order valence-electron chi connectivity index (χ4n) is 1.34. The number of hydrogen-bond donors (Lipinski definition) is 2. The van der Waals surface area contributed by atoms with Crippen LogP contribution in [0.25, 0.3) is 0 Å². The van der Waals surface area contributed by atoms with E-state index in [2.05, 4.69) is 26.0 Å². The molecule has 2 heteroatoms. The lowest BCUT2D eigenvalue weighted by molar-refractivity contribution is 0.732. The van der Waals surface area contributed by atoms with E-state index in [-0.39, 0.29) is 0 Å². The standard InChI is InChI=1S/C11H18N2/c1-3-8(2)9-4-5-11(13)10(6-9)7-12/h4-6,8H,3,7,12-13H2,1-2H3. The lowest BCUT2D eigenvalue weighted by atomic mass is 9.96. The molecule has 0 aliphatic heterocycles. The van der Waals surface area contributed by atoms with E-state index in [0.717, 1.165) is 17.7 Å². The molecule has 1 aromatic carbocycles. The number of nitrogens with two attached hydrogens (primary N) is 2. The molecule has 0 aliphatic rings. The topological polar surface area (TPSA) is 52.0 Å². The van der Waals surface area contributed by atoms with Crippen molar-refractivity contribution in [3.05, 3.63) is 29.3 Å². The van der Waals surface area contributed by atoms with Gasteiger partial charge in [0, 0.05) is 12.2 Å². The summed E-state index contributed by atoms with van der Waals surface area (Å²) in [7, 11) is 0. The van der Waals surface area contributed by atoms with Crippen molar-refractivity contribution in [2.45, 2.75) is 32.7 Å². The molecule has 0 radical (unpaired) electrons. The van der Waals surface area contributed by atoms with Crippen molar-refractivity contribution in [2.75, 3.05) is 5.73 Å². The van der Waals surface area contributed by atoms with Crippen LogP contribution >= 0.6 is 0 Å². The molecule has 0 saturated heterocycles. The Bertz CT molecular complexity index is 281. The van der Waals surface area contributed by atoms with Crippen molar-refractivity contribution < 1.29 is 0 Å². The van der Waals surface area contributed by atoms with Gasteiger partial charge in [-0.2, -0.15) is 0 Å². The minimum absolute atomic E-state index is 0.524. The van der Waals surface area contributed by atoms with Gasteiger partial charge in [0.25, 0.3) is 0 Å². The Morgan fingerprint density at radius 3 is 2.62 bits per heavy atom. The van der Waals surface area contributed by atoms with Crippen LogP contribution in [0.4, 0.5) is 5.69 Å². The van der Waals surface area contributed by atoms with E-state index < -0.39 is 0 Å². The van der Waals surface area contributed by atoms with Crippen LogP contribution in [0.3, 0.4) is 0 Å². The second-order valence-electron chi connectivity index (χ2n) is 3.47. The molecule has 0 spiro atoms. The summed E-state index contributed by atoms with van der Waals surface area (Å²) in [6, 6.07) is 6.15. The molecule has 1 atom stereocenters. The van der Waals surface area contributed by atoms with E-state index in [4.69, 9.17) is 11.5 Å². The second-order valence-corrected chi connectivity index (χ2v) is 3.47. The highest BCUT2D eigenvalue weighted by atomic mass is 14.6. The third kappa shape index (κ3) is 2.22. The Hall–Kier alpha value is -1.02. The molecule has 0 aromatic heterocycles. The smallest absolute Gasteiger partial charge is 0.0359 e. The number of anilines is 1. The SMILES string of the molecule is CCC(C)c1ccc(N)c(CN)c1. The number of benzene rings is 1. The van der Waals surface area contributed by atoms with Crippen LogP contribution in [-0.2, 0) is 6.54 Å². The fourth-order valence-corrected chi connectivity index (χ4v) is 1.34. The average molecular weight is 178 g/mol. The van der Waals surface area contributed by atoms with Crippen LogP contribution in [-0.4, -0.2) is 0 Å². The highest BCUT2D eigenvalue weighted by Crippen LogP contribution is 2.22. The molecular formula is C11H18N2. The van der Waals surface area contributed by atoms with Crippen molar-refractivity contribution in [1.82, 2.24) is 0 Å². The van der Waals surface area contributed by atoms with E-state index in [0.29, 0.717) is 12.5 Å². The molecule has 72 valence electrons. The molecule has 0 fully saturated rings. The van der Waals surface area contributed by atoms with Gasteiger partial charge in [0.1, 0.15) is 0 Å². The van der Waals surface area contributed by atoms with Gasteiger partial charge in [0.05, 0.1) is 0 Å². The number of rotatable bonds is 3. The summed E-state index contributed by atoms with van der Waals surface area (Å²) in [6.45, 7) is 4.92. The third-order valence-corrected chi connectivity index (χ3v) is 2.57. The highest BCUT2D eigenvalue weighted by molar-refractivity contribution is 5.49. The Labute approximate surface area is 79.9 Å². The largest absolute Gasteiger partial charge is 0.398 e. The lowest BCUT2D eigenvalue weighted by Gasteiger charge is -2.11. The van der Waals surface area contributed by atoms with Gasteiger partial charge in [-0.1, -0.05) is 26.0 Å². The zero-order chi connectivity index (χ0) is 9.84. The van der Waals surface area contributed by atoms with E-state index in [9.17, 15) is 0 Å². The first-order chi connectivity index (χ1) is 6.19. The summed E-state index contributed by atoms with van der Waals surface area (Å²) in [4.78, 5) is 0. The van der Waals surface area contributed by atoms with E-state index >= 15 is 0 Å². The minimum Gasteiger partial charge on any atom is -0.398 e. The molecular weight excluding hydrogens is 160 g/mol. The highest BCUT2D eigenvalue weighted by Gasteiger charge is 2.04. The Morgan fingerprint density at radius 2 is 2.08 bits per heavy atom. The molecule has 1 unspecified atom stereocenters. The van der Waals surface area contributed by atoms with Crippen LogP contribution in [0.15, 0.2) is 18.2 Å². The van der Waals surface area contributed by atoms with E-state index in [1.165, 1.54) is 5.56 Å². The normalized spacial score (nSPS) is 12.8. The van der Waals surface area contributed by atoms with E-state index in [1.807, 2.05) is 6.07 Å². The van der Waals surface area contributed by atoms with Crippen molar-refractivity contribution in [3.63, 3.8) is 0 Å². The van der Waals surface area contributed by atoms with Crippen LogP contribution in [0.5, 0.6) is 0 Å². The molecule has 0 aliphatic carbocycles. The summed E-state index contributed by atoms with van der Waals surface area (Å²) in [5.41, 5.74) is 14.5. The summed E-state index contributed by atoms with van der Waals surface area (Å²) >= 11 is 0. The van der Waals surface area contributed by atoms with Crippen LogP contribution < -0.4 is 11.5 Å². The van der Waals surface area contributed by atoms with Gasteiger partial charge in [-0.3, -0.25) is 0 Å². The summed E-state index contributed by atoms with van der Waals surface area (Å²) in [5.74, 6) is 0.589. The molecule has 0 amide bonds. The Balaban J connectivity index is 2.99. The van der Waals surface area contributed by atoms with Crippen LogP contribution in [0.1, 0.15) is 37.3 Å². The van der Waals surface area contributed by atoms with Gasteiger partial charge in [-0.05, 0) is 29.5 Å². The molecule has 1 rings (SSSR count). The first-order valence-corrected chi connectivity index (χ1v) is 4.77. The maximum atomic E-state index is 5.76. The molecule has 2 nitrogen and oxygen atoms in total. The monoisotopic (exact) mass is 178 g/mol. The zero-order valence-electron chi connectivity index (χ0n) is 8.38. The maximum Gasteiger partial charge on any atom is 0.0359 e. The first kappa shape index (κ1) is 10.1. The molecule has 0 bridgehead atoms. The molecule has 4 N–H and O–H groups in total. The second kappa shape index (κ2) is 4.28.